The lowest BCUT2D eigenvalue weighted by molar-refractivity contribution is 0.0559. The van der Waals surface area contributed by atoms with Crippen molar-refractivity contribution < 1.29 is 9.53 Å². The molecule has 0 saturated carbocycles. The normalized spacial score (nSPS) is 23.5. The van der Waals surface area contributed by atoms with Gasteiger partial charge in [-0.2, -0.15) is 0 Å². The highest BCUT2D eigenvalue weighted by Crippen LogP contribution is 2.19. The van der Waals surface area contributed by atoms with Crippen LogP contribution < -0.4 is 10.6 Å². The van der Waals surface area contributed by atoms with Crippen LogP contribution >= 0.6 is 0 Å². The first-order chi connectivity index (χ1) is 10.9. The minimum atomic E-state index is -0.0498. The molecular formula is C17H34N4O2. The predicted octanol–water partition coefficient (Wildman–Crippen LogP) is 1.13. The van der Waals surface area contributed by atoms with Gasteiger partial charge in [-0.25, -0.2) is 4.79 Å². The van der Waals surface area contributed by atoms with E-state index in [1.54, 1.807) is 0 Å². The first kappa shape index (κ1) is 18.5. The van der Waals surface area contributed by atoms with Gasteiger partial charge in [0.15, 0.2) is 0 Å². The molecule has 0 unspecified atom stereocenters. The van der Waals surface area contributed by atoms with Crippen molar-refractivity contribution in [1.29, 1.82) is 0 Å². The van der Waals surface area contributed by atoms with Crippen LogP contribution in [-0.4, -0.2) is 80.4 Å². The number of hydrogen-bond acceptors (Lipinski definition) is 4. The van der Waals surface area contributed by atoms with Gasteiger partial charge in [0.2, 0.25) is 0 Å². The van der Waals surface area contributed by atoms with Crippen molar-refractivity contribution in [1.82, 2.24) is 20.4 Å². The number of carbonyl (C=O) groups excluding carboxylic acids is 1. The topological polar surface area (TPSA) is 56.8 Å². The molecule has 0 radical (unpaired) electrons. The average Bonchev–Trinajstić information content (AvgIpc) is 2.54. The molecular weight excluding hydrogens is 292 g/mol. The Hall–Kier alpha value is -0.850. The zero-order chi connectivity index (χ0) is 16.9. The highest BCUT2D eigenvalue weighted by molar-refractivity contribution is 5.74. The van der Waals surface area contributed by atoms with Crippen molar-refractivity contribution in [2.75, 3.05) is 53.0 Å². The third-order valence-electron chi connectivity index (χ3n) is 5.37. The van der Waals surface area contributed by atoms with Gasteiger partial charge in [-0.3, -0.25) is 4.90 Å². The SMILES string of the molecule is C[C@H](NC(=O)NCC(C)(C)N1CCN(C)CC1)C1CCOCC1. The van der Waals surface area contributed by atoms with Crippen molar-refractivity contribution in [3.63, 3.8) is 0 Å². The zero-order valence-electron chi connectivity index (χ0n) is 15.2. The molecule has 1 atom stereocenters. The predicted molar refractivity (Wildman–Crippen MR) is 92.7 cm³/mol. The molecule has 2 amide bonds. The van der Waals surface area contributed by atoms with Gasteiger partial charge in [0.25, 0.3) is 0 Å². The minimum absolute atomic E-state index is 0.0134. The number of ether oxygens (including phenoxy) is 1. The Labute approximate surface area is 140 Å². The second-order valence-corrected chi connectivity index (χ2v) is 7.67. The highest BCUT2D eigenvalue weighted by Gasteiger charge is 2.30. The lowest BCUT2D eigenvalue weighted by Crippen LogP contribution is -2.59. The largest absolute Gasteiger partial charge is 0.381 e. The van der Waals surface area contributed by atoms with Gasteiger partial charge in [-0.05, 0) is 46.6 Å². The van der Waals surface area contributed by atoms with Crippen molar-refractivity contribution >= 4 is 6.03 Å². The van der Waals surface area contributed by atoms with E-state index in [9.17, 15) is 4.79 Å². The molecule has 23 heavy (non-hydrogen) atoms. The third kappa shape index (κ3) is 5.62. The summed E-state index contributed by atoms with van der Waals surface area (Å²) < 4.78 is 5.38. The summed E-state index contributed by atoms with van der Waals surface area (Å²) in [6.07, 6.45) is 2.07. The molecule has 2 rings (SSSR count). The van der Waals surface area contributed by atoms with E-state index in [0.29, 0.717) is 12.5 Å². The molecule has 2 N–H and O–H groups in total. The number of hydrogen-bond donors (Lipinski definition) is 2. The third-order valence-corrected chi connectivity index (χ3v) is 5.37. The molecule has 0 spiro atoms. The number of urea groups is 1. The maximum Gasteiger partial charge on any atom is 0.315 e. The molecule has 0 aromatic heterocycles. The second kappa shape index (κ2) is 8.31. The fraction of sp³-hybridized carbons (Fsp3) is 0.941. The van der Waals surface area contributed by atoms with E-state index in [4.69, 9.17) is 4.74 Å². The summed E-state index contributed by atoms with van der Waals surface area (Å²) in [6.45, 7) is 13.1. The number of rotatable bonds is 5. The minimum Gasteiger partial charge on any atom is -0.381 e. The molecule has 2 aliphatic heterocycles. The van der Waals surface area contributed by atoms with Crippen LogP contribution in [0.1, 0.15) is 33.6 Å². The van der Waals surface area contributed by atoms with Gasteiger partial charge in [-0.1, -0.05) is 0 Å². The van der Waals surface area contributed by atoms with E-state index < -0.39 is 0 Å². The number of likely N-dealkylation sites (N-methyl/N-ethyl adjacent to an activating group) is 1. The Morgan fingerprint density at radius 2 is 1.83 bits per heavy atom. The number of piperazine rings is 1. The lowest BCUT2D eigenvalue weighted by Gasteiger charge is -2.43. The fourth-order valence-corrected chi connectivity index (χ4v) is 3.41. The molecule has 2 aliphatic rings. The van der Waals surface area contributed by atoms with Crippen LogP contribution in [0.15, 0.2) is 0 Å². The Kier molecular flexibility index (Phi) is 6.68. The van der Waals surface area contributed by atoms with Crippen LogP contribution in [0.3, 0.4) is 0 Å². The van der Waals surface area contributed by atoms with Gasteiger partial charge in [0.1, 0.15) is 0 Å². The lowest BCUT2D eigenvalue weighted by atomic mass is 9.93. The van der Waals surface area contributed by atoms with Crippen LogP contribution in [0, 0.1) is 5.92 Å². The Balaban J connectivity index is 1.72. The van der Waals surface area contributed by atoms with E-state index in [1.807, 2.05) is 0 Å². The number of nitrogens with one attached hydrogen (secondary N) is 2. The van der Waals surface area contributed by atoms with Crippen LogP contribution in [0.5, 0.6) is 0 Å². The molecule has 0 aromatic carbocycles. The summed E-state index contributed by atoms with van der Waals surface area (Å²) in [5.41, 5.74) is -0.0134. The summed E-state index contributed by atoms with van der Waals surface area (Å²) >= 11 is 0. The molecule has 0 aliphatic carbocycles. The van der Waals surface area contributed by atoms with E-state index >= 15 is 0 Å². The number of amides is 2. The Morgan fingerprint density at radius 3 is 2.43 bits per heavy atom. The van der Waals surface area contributed by atoms with E-state index in [0.717, 1.165) is 52.2 Å². The van der Waals surface area contributed by atoms with Crippen LogP contribution in [0.4, 0.5) is 4.79 Å². The number of nitrogens with zero attached hydrogens (tertiary/aromatic N) is 2. The quantitative estimate of drug-likeness (QED) is 0.795. The molecule has 2 fully saturated rings. The van der Waals surface area contributed by atoms with Crippen LogP contribution in [-0.2, 0) is 4.74 Å². The molecule has 134 valence electrons. The van der Waals surface area contributed by atoms with Crippen molar-refractivity contribution in [3.8, 4) is 0 Å². The van der Waals surface area contributed by atoms with Gasteiger partial charge >= 0.3 is 6.03 Å². The molecule has 2 saturated heterocycles. The maximum absolute atomic E-state index is 12.2. The van der Waals surface area contributed by atoms with Crippen molar-refractivity contribution in [2.45, 2.75) is 45.2 Å². The highest BCUT2D eigenvalue weighted by atomic mass is 16.5. The smallest absolute Gasteiger partial charge is 0.315 e. The maximum atomic E-state index is 12.2. The van der Waals surface area contributed by atoms with Gasteiger partial charge in [-0.15, -0.1) is 0 Å². The van der Waals surface area contributed by atoms with Crippen LogP contribution in [0.2, 0.25) is 0 Å². The summed E-state index contributed by atoms with van der Waals surface area (Å²) in [5, 5.41) is 6.16. The molecule has 6 nitrogen and oxygen atoms in total. The summed E-state index contributed by atoms with van der Waals surface area (Å²) in [4.78, 5) is 17.0. The van der Waals surface area contributed by atoms with Crippen molar-refractivity contribution in [3.05, 3.63) is 0 Å². The summed E-state index contributed by atoms with van der Waals surface area (Å²) in [7, 11) is 2.16. The molecule has 0 aromatic rings. The van der Waals surface area contributed by atoms with Gasteiger partial charge in [0.05, 0.1) is 0 Å². The Morgan fingerprint density at radius 1 is 1.22 bits per heavy atom. The first-order valence-corrected chi connectivity index (χ1v) is 8.94. The van der Waals surface area contributed by atoms with Crippen LogP contribution in [0.25, 0.3) is 0 Å². The fourth-order valence-electron chi connectivity index (χ4n) is 3.41. The molecule has 2 heterocycles. The molecule has 0 bridgehead atoms. The molecule has 6 heteroatoms. The van der Waals surface area contributed by atoms with E-state index in [1.165, 1.54) is 0 Å². The number of carbonyl (C=O) groups is 1. The van der Waals surface area contributed by atoms with E-state index in [2.05, 4.69) is 48.3 Å². The van der Waals surface area contributed by atoms with Gasteiger partial charge in [0, 0.05) is 57.5 Å². The average molecular weight is 326 g/mol. The zero-order valence-corrected chi connectivity index (χ0v) is 15.2. The summed E-state index contributed by atoms with van der Waals surface area (Å²) in [5.74, 6) is 0.528. The monoisotopic (exact) mass is 326 g/mol. The Bertz CT molecular complexity index is 375. The van der Waals surface area contributed by atoms with Crippen molar-refractivity contribution in [2.24, 2.45) is 5.92 Å². The summed E-state index contributed by atoms with van der Waals surface area (Å²) in [6, 6.07) is 0.150. The van der Waals surface area contributed by atoms with Gasteiger partial charge < -0.3 is 20.3 Å². The first-order valence-electron chi connectivity index (χ1n) is 8.94. The second-order valence-electron chi connectivity index (χ2n) is 7.67. The standard InChI is InChI=1S/C17H34N4O2/c1-14(15-5-11-23-12-6-15)19-16(22)18-13-17(2,3)21-9-7-20(4)8-10-21/h14-15H,5-13H2,1-4H3,(H2,18,19,22)/t14-/m0/s1. The van der Waals surface area contributed by atoms with E-state index in [-0.39, 0.29) is 17.6 Å².